The fourth-order valence-electron chi connectivity index (χ4n) is 3.21. The first-order valence-electron chi connectivity index (χ1n) is 8.27. The van der Waals surface area contributed by atoms with Gasteiger partial charge in [0.1, 0.15) is 0 Å². The first-order valence-corrected chi connectivity index (χ1v) is 8.27. The third-order valence-corrected chi connectivity index (χ3v) is 4.45. The Morgan fingerprint density at radius 3 is 2.96 bits per heavy atom. The van der Waals surface area contributed by atoms with E-state index in [0.717, 1.165) is 32.5 Å². The summed E-state index contributed by atoms with van der Waals surface area (Å²) in [6, 6.07) is 0.204. The summed E-state index contributed by atoms with van der Waals surface area (Å²) in [6.07, 6.45) is 5.91. The third kappa shape index (κ3) is 4.00. The van der Waals surface area contributed by atoms with E-state index < -0.39 is 0 Å². The van der Waals surface area contributed by atoms with E-state index in [-0.39, 0.29) is 11.9 Å². The normalized spacial score (nSPS) is 18.2. The average molecular weight is 332 g/mol. The monoisotopic (exact) mass is 332 g/mol. The fourth-order valence-corrected chi connectivity index (χ4v) is 3.21. The molecule has 0 N–H and O–H groups in total. The molecule has 1 atom stereocenters. The third-order valence-electron chi connectivity index (χ3n) is 4.45. The Labute approximate surface area is 141 Å². The van der Waals surface area contributed by atoms with Crippen LogP contribution in [0.2, 0.25) is 0 Å². The van der Waals surface area contributed by atoms with Crippen molar-refractivity contribution in [3.63, 3.8) is 0 Å². The molecule has 3 heterocycles. The minimum Gasteiger partial charge on any atom is -0.340 e. The highest BCUT2D eigenvalue weighted by atomic mass is 16.5. The van der Waals surface area contributed by atoms with Crippen LogP contribution in [-0.4, -0.2) is 61.3 Å². The largest absolute Gasteiger partial charge is 0.340 e. The van der Waals surface area contributed by atoms with Crippen LogP contribution in [0.5, 0.6) is 0 Å². The van der Waals surface area contributed by atoms with Crippen molar-refractivity contribution in [1.29, 1.82) is 0 Å². The van der Waals surface area contributed by atoms with E-state index in [0.29, 0.717) is 18.3 Å². The molecule has 0 radical (unpaired) electrons. The van der Waals surface area contributed by atoms with Gasteiger partial charge in [-0.3, -0.25) is 9.48 Å². The van der Waals surface area contributed by atoms with Crippen LogP contribution in [0, 0.1) is 6.92 Å². The Kier molecular flexibility index (Phi) is 4.94. The number of nitrogens with zero attached hydrogens (tertiary/aromatic N) is 6. The van der Waals surface area contributed by atoms with Crippen LogP contribution in [0.3, 0.4) is 0 Å². The fraction of sp³-hybridized carbons (Fsp3) is 0.625. The van der Waals surface area contributed by atoms with Gasteiger partial charge in [-0.2, -0.15) is 10.1 Å². The number of likely N-dealkylation sites (tertiary alicyclic amines) is 1. The van der Waals surface area contributed by atoms with Gasteiger partial charge in [0.15, 0.2) is 5.82 Å². The van der Waals surface area contributed by atoms with Crippen LogP contribution in [0.4, 0.5) is 0 Å². The lowest BCUT2D eigenvalue weighted by molar-refractivity contribution is -0.131. The molecule has 1 saturated heterocycles. The van der Waals surface area contributed by atoms with Gasteiger partial charge in [-0.05, 0) is 18.4 Å². The van der Waals surface area contributed by atoms with Gasteiger partial charge in [0, 0.05) is 52.8 Å². The van der Waals surface area contributed by atoms with E-state index in [2.05, 4.69) is 20.1 Å². The van der Waals surface area contributed by atoms with Crippen LogP contribution in [0.1, 0.15) is 30.6 Å². The van der Waals surface area contributed by atoms with Crippen molar-refractivity contribution < 1.29 is 9.32 Å². The molecule has 1 fully saturated rings. The van der Waals surface area contributed by atoms with Crippen molar-refractivity contribution in [3.8, 4) is 0 Å². The maximum absolute atomic E-state index is 12.0. The highest BCUT2D eigenvalue weighted by Gasteiger charge is 2.30. The summed E-state index contributed by atoms with van der Waals surface area (Å²) in [6.45, 7) is 6.63. The number of hydrogen-bond acceptors (Lipinski definition) is 6. The van der Waals surface area contributed by atoms with Crippen molar-refractivity contribution in [3.05, 3.63) is 29.7 Å². The first-order chi connectivity index (χ1) is 11.5. The topological polar surface area (TPSA) is 80.3 Å². The van der Waals surface area contributed by atoms with Gasteiger partial charge in [-0.15, -0.1) is 0 Å². The Morgan fingerprint density at radius 2 is 2.33 bits per heavy atom. The molecular weight excluding hydrogens is 308 g/mol. The lowest BCUT2D eigenvalue weighted by Gasteiger charge is -2.27. The molecule has 0 aromatic carbocycles. The summed E-state index contributed by atoms with van der Waals surface area (Å²) in [5.41, 5.74) is 1.24. The Bertz CT molecular complexity index is 694. The number of rotatable bonds is 6. The molecule has 1 aliphatic heterocycles. The predicted octanol–water partition coefficient (Wildman–Crippen LogP) is 0.777. The van der Waals surface area contributed by atoms with Crippen LogP contribution in [0.15, 0.2) is 16.9 Å². The number of aryl methyl sites for hydroxylation is 2. The van der Waals surface area contributed by atoms with Crippen LogP contribution in [0.25, 0.3) is 0 Å². The Balaban J connectivity index is 1.54. The highest BCUT2D eigenvalue weighted by molar-refractivity contribution is 5.73. The number of carbonyl (C=O) groups excluding carboxylic acids is 1. The van der Waals surface area contributed by atoms with Crippen LogP contribution in [-0.2, 0) is 24.8 Å². The minimum atomic E-state index is 0.0524. The molecule has 2 aromatic rings. The lowest BCUT2D eigenvalue weighted by Crippen LogP contribution is -2.40. The summed E-state index contributed by atoms with van der Waals surface area (Å²) < 4.78 is 6.83. The molecule has 0 unspecified atom stereocenters. The van der Waals surface area contributed by atoms with Gasteiger partial charge in [0.25, 0.3) is 0 Å². The summed E-state index contributed by atoms with van der Waals surface area (Å²) >= 11 is 0. The summed E-state index contributed by atoms with van der Waals surface area (Å²) in [7, 11) is 1.93. The van der Waals surface area contributed by atoms with E-state index in [1.54, 1.807) is 13.8 Å². The Hall–Kier alpha value is -2.22. The van der Waals surface area contributed by atoms with Gasteiger partial charge < -0.3 is 14.3 Å². The number of aromatic nitrogens is 4. The molecule has 0 saturated carbocycles. The lowest BCUT2D eigenvalue weighted by atomic mass is 10.2. The van der Waals surface area contributed by atoms with Crippen molar-refractivity contribution >= 4 is 5.91 Å². The smallest absolute Gasteiger partial charge is 0.223 e. The van der Waals surface area contributed by atoms with Gasteiger partial charge in [0.2, 0.25) is 11.8 Å². The van der Waals surface area contributed by atoms with Gasteiger partial charge >= 0.3 is 0 Å². The zero-order chi connectivity index (χ0) is 17.1. The second kappa shape index (κ2) is 7.12. The highest BCUT2D eigenvalue weighted by Crippen LogP contribution is 2.18. The molecule has 0 spiro atoms. The number of carbonyl (C=O) groups is 1. The molecule has 0 bridgehead atoms. The standard InChI is InChI=1S/C16H24N6O2/c1-12-18-16(19-24-12)11-22(13(2)23)15-5-7-21(10-15)6-4-14-8-17-20(3)9-14/h8-9,15H,4-7,10-11H2,1-3H3/t15-/m1/s1. The molecule has 1 aliphatic rings. The SMILES string of the molecule is CC(=O)N(Cc1noc(C)n1)[C@@H]1CCN(CCc2cnn(C)c2)C1. The Morgan fingerprint density at radius 1 is 1.50 bits per heavy atom. The number of hydrogen-bond donors (Lipinski definition) is 0. The second-order valence-corrected chi connectivity index (χ2v) is 6.39. The molecule has 2 aromatic heterocycles. The molecule has 1 amide bonds. The van der Waals surface area contributed by atoms with E-state index in [1.165, 1.54) is 5.56 Å². The summed E-state index contributed by atoms with van der Waals surface area (Å²) in [4.78, 5) is 20.5. The maximum Gasteiger partial charge on any atom is 0.223 e. The van der Waals surface area contributed by atoms with Crippen molar-refractivity contribution in [2.45, 2.75) is 39.3 Å². The van der Waals surface area contributed by atoms with E-state index in [9.17, 15) is 4.79 Å². The van der Waals surface area contributed by atoms with Crippen molar-refractivity contribution in [2.24, 2.45) is 7.05 Å². The van der Waals surface area contributed by atoms with Crippen LogP contribution >= 0.6 is 0 Å². The first kappa shape index (κ1) is 16.6. The predicted molar refractivity (Wildman–Crippen MR) is 87.0 cm³/mol. The minimum absolute atomic E-state index is 0.0524. The number of amides is 1. The molecule has 3 rings (SSSR count). The molecule has 24 heavy (non-hydrogen) atoms. The van der Waals surface area contributed by atoms with Crippen molar-refractivity contribution in [2.75, 3.05) is 19.6 Å². The van der Waals surface area contributed by atoms with Gasteiger partial charge in [0.05, 0.1) is 12.7 Å². The quantitative estimate of drug-likeness (QED) is 0.777. The van der Waals surface area contributed by atoms with E-state index >= 15 is 0 Å². The maximum atomic E-state index is 12.0. The summed E-state index contributed by atoms with van der Waals surface area (Å²) in [5.74, 6) is 1.14. The van der Waals surface area contributed by atoms with Gasteiger partial charge in [-0.1, -0.05) is 5.16 Å². The second-order valence-electron chi connectivity index (χ2n) is 6.39. The molecule has 0 aliphatic carbocycles. The molecule has 8 heteroatoms. The molecule has 130 valence electrons. The molecular formula is C16H24N6O2. The molecule has 8 nitrogen and oxygen atoms in total. The van der Waals surface area contributed by atoms with Crippen LogP contribution < -0.4 is 0 Å². The average Bonchev–Trinajstić information content (AvgIpc) is 3.24. The van der Waals surface area contributed by atoms with Crippen molar-refractivity contribution in [1.82, 2.24) is 29.7 Å². The van der Waals surface area contributed by atoms with E-state index in [4.69, 9.17) is 4.52 Å². The van der Waals surface area contributed by atoms with Gasteiger partial charge in [-0.25, -0.2) is 0 Å². The zero-order valence-corrected chi connectivity index (χ0v) is 14.5. The van der Waals surface area contributed by atoms with E-state index in [1.807, 2.05) is 29.0 Å². The summed E-state index contributed by atoms with van der Waals surface area (Å²) in [5, 5.41) is 8.10. The zero-order valence-electron chi connectivity index (χ0n) is 14.5.